The Morgan fingerprint density at radius 3 is 2.24 bits per heavy atom. The molecule has 1 atom stereocenters. The van der Waals surface area contributed by atoms with Gasteiger partial charge in [-0.25, -0.2) is 8.42 Å². The van der Waals surface area contributed by atoms with Crippen molar-refractivity contribution >= 4 is 9.84 Å². The summed E-state index contributed by atoms with van der Waals surface area (Å²) in [7, 11) is -3.47. The maximum absolute atomic E-state index is 13.0. The van der Waals surface area contributed by atoms with Gasteiger partial charge in [0.25, 0.3) is 0 Å². The van der Waals surface area contributed by atoms with Gasteiger partial charge in [-0.15, -0.1) is 0 Å². The Bertz CT molecular complexity index is 722. The highest BCUT2D eigenvalue weighted by atomic mass is 32.2. The summed E-state index contributed by atoms with van der Waals surface area (Å²) in [6.07, 6.45) is 7.84. The Labute approximate surface area is 152 Å². The molecule has 1 aromatic rings. The van der Waals surface area contributed by atoms with E-state index < -0.39 is 15.1 Å². The van der Waals surface area contributed by atoms with Gasteiger partial charge in [-0.3, -0.25) is 0 Å². The Kier molecular flexibility index (Phi) is 8.87. The van der Waals surface area contributed by atoms with E-state index in [-0.39, 0.29) is 6.61 Å². The summed E-state index contributed by atoms with van der Waals surface area (Å²) in [5.74, 6) is 0. The predicted molar refractivity (Wildman–Crippen MR) is 105 cm³/mol. The fraction of sp³-hybridized carbons (Fsp3) is 0.429. The number of benzene rings is 1. The lowest BCUT2D eigenvalue weighted by Gasteiger charge is -2.16. The van der Waals surface area contributed by atoms with Crippen LogP contribution in [0.3, 0.4) is 0 Å². The molecule has 0 aromatic heterocycles. The Balaban J connectivity index is 3.12. The SMILES string of the molecule is CC(C)=CCCC(C)=CC(CC(C)=CCO)S(=O)(=O)c1ccccc1. The highest BCUT2D eigenvalue weighted by Gasteiger charge is 2.25. The summed E-state index contributed by atoms with van der Waals surface area (Å²) in [5, 5.41) is 8.45. The van der Waals surface area contributed by atoms with Crippen molar-refractivity contribution in [3.05, 3.63) is 65.3 Å². The second kappa shape index (κ2) is 10.4. The lowest BCUT2D eigenvalue weighted by molar-refractivity contribution is 0.341. The van der Waals surface area contributed by atoms with Crippen molar-refractivity contribution in [2.24, 2.45) is 0 Å². The molecule has 3 nitrogen and oxygen atoms in total. The van der Waals surface area contributed by atoms with Gasteiger partial charge in [-0.1, -0.05) is 53.1 Å². The van der Waals surface area contributed by atoms with E-state index in [0.29, 0.717) is 11.3 Å². The molecule has 138 valence electrons. The molecule has 0 radical (unpaired) electrons. The Hall–Kier alpha value is -1.65. The van der Waals surface area contributed by atoms with Gasteiger partial charge in [0.1, 0.15) is 0 Å². The largest absolute Gasteiger partial charge is 0.392 e. The zero-order valence-corrected chi connectivity index (χ0v) is 16.5. The summed E-state index contributed by atoms with van der Waals surface area (Å²) in [6, 6.07) is 8.57. The van der Waals surface area contributed by atoms with Crippen LogP contribution in [-0.4, -0.2) is 25.4 Å². The summed E-state index contributed by atoms with van der Waals surface area (Å²) < 4.78 is 26.1. The molecule has 0 heterocycles. The van der Waals surface area contributed by atoms with Gasteiger partial charge in [-0.05, 0) is 59.1 Å². The van der Waals surface area contributed by atoms with Crippen LogP contribution in [-0.2, 0) is 9.84 Å². The van der Waals surface area contributed by atoms with Crippen LogP contribution in [0.1, 0.15) is 47.0 Å². The van der Waals surface area contributed by atoms with Gasteiger partial charge in [0.2, 0.25) is 0 Å². The normalized spacial score (nSPS) is 14.3. The van der Waals surface area contributed by atoms with E-state index in [1.165, 1.54) is 5.57 Å². The highest BCUT2D eigenvalue weighted by Crippen LogP contribution is 2.24. The molecule has 0 spiro atoms. The standard InChI is InChI=1S/C21H30O3S/c1-17(2)9-8-10-18(3)15-21(16-19(4)13-14-22)25(23,24)20-11-6-5-7-12-20/h5-7,9,11-13,15,21-22H,8,10,14,16H2,1-4H3. The second-order valence-electron chi connectivity index (χ2n) is 6.67. The van der Waals surface area contributed by atoms with E-state index in [9.17, 15) is 8.42 Å². The molecule has 0 saturated heterocycles. The molecule has 0 aliphatic carbocycles. The molecule has 1 unspecified atom stereocenters. The van der Waals surface area contributed by atoms with Crippen molar-refractivity contribution in [1.82, 2.24) is 0 Å². The first-order valence-corrected chi connectivity index (χ1v) is 10.2. The summed E-state index contributed by atoms with van der Waals surface area (Å²) >= 11 is 0. The van der Waals surface area contributed by atoms with Crippen LogP contribution in [0, 0.1) is 0 Å². The molecular formula is C21H30O3S. The lowest BCUT2D eigenvalue weighted by Crippen LogP contribution is -2.20. The van der Waals surface area contributed by atoms with Crippen LogP contribution in [0.4, 0.5) is 0 Å². The van der Waals surface area contributed by atoms with Crippen molar-refractivity contribution < 1.29 is 13.5 Å². The number of hydrogen-bond donors (Lipinski definition) is 1. The quantitative estimate of drug-likeness (QED) is 0.639. The minimum Gasteiger partial charge on any atom is -0.392 e. The molecule has 0 amide bonds. The molecule has 0 saturated carbocycles. The predicted octanol–water partition coefficient (Wildman–Crippen LogP) is 4.85. The van der Waals surface area contributed by atoms with Crippen LogP contribution in [0.5, 0.6) is 0 Å². The number of hydrogen-bond acceptors (Lipinski definition) is 3. The fourth-order valence-corrected chi connectivity index (χ4v) is 4.37. The van der Waals surface area contributed by atoms with Crippen molar-refractivity contribution in [1.29, 1.82) is 0 Å². The van der Waals surface area contributed by atoms with Crippen LogP contribution in [0.15, 0.2) is 70.2 Å². The highest BCUT2D eigenvalue weighted by molar-refractivity contribution is 7.92. The van der Waals surface area contributed by atoms with Gasteiger partial charge in [0.15, 0.2) is 9.84 Å². The summed E-state index contributed by atoms with van der Waals surface area (Å²) in [5.41, 5.74) is 3.21. The van der Waals surface area contributed by atoms with E-state index in [4.69, 9.17) is 5.11 Å². The van der Waals surface area contributed by atoms with Crippen molar-refractivity contribution in [2.75, 3.05) is 6.61 Å². The third-order valence-electron chi connectivity index (χ3n) is 3.99. The van der Waals surface area contributed by atoms with Gasteiger partial charge in [0.05, 0.1) is 16.8 Å². The van der Waals surface area contributed by atoms with Gasteiger partial charge >= 0.3 is 0 Å². The number of aliphatic hydroxyl groups is 1. The molecule has 1 rings (SSSR count). The van der Waals surface area contributed by atoms with Crippen molar-refractivity contribution in [3.8, 4) is 0 Å². The van der Waals surface area contributed by atoms with Crippen molar-refractivity contribution in [2.45, 2.75) is 57.1 Å². The first kappa shape index (κ1) is 21.4. The number of aliphatic hydroxyl groups excluding tert-OH is 1. The average Bonchev–Trinajstić information content (AvgIpc) is 2.55. The second-order valence-corrected chi connectivity index (χ2v) is 8.83. The molecule has 0 aliphatic rings. The maximum atomic E-state index is 13.0. The first-order valence-electron chi connectivity index (χ1n) is 8.63. The zero-order chi connectivity index (χ0) is 18.9. The van der Waals surface area contributed by atoms with Crippen LogP contribution < -0.4 is 0 Å². The van der Waals surface area contributed by atoms with E-state index >= 15 is 0 Å². The van der Waals surface area contributed by atoms with E-state index in [0.717, 1.165) is 24.0 Å². The van der Waals surface area contributed by atoms with Gasteiger partial charge in [0, 0.05) is 0 Å². The first-order chi connectivity index (χ1) is 11.8. The molecular weight excluding hydrogens is 332 g/mol. The van der Waals surface area contributed by atoms with Crippen LogP contribution >= 0.6 is 0 Å². The monoisotopic (exact) mass is 362 g/mol. The molecule has 0 bridgehead atoms. The van der Waals surface area contributed by atoms with Gasteiger partial charge < -0.3 is 5.11 Å². The number of rotatable bonds is 9. The fourth-order valence-electron chi connectivity index (χ4n) is 2.59. The minimum absolute atomic E-state index is 0.0762. The molecule has 4 heteroatoms. The summed E-state index contributed by atoms with van der Waals surface area (Å²) in [4.78, 5) is 0.338. The lowest BCUT2D eigenvalue weighted by atomic mass is 10.1. The van der Waals surface area contributed by atoms with Gasteiger partial charge in [-0.2, -0.15) is 0 Å². The average molecular weight is 363 g/mol. The maximum Gasteiger partial charge on any atom is 0.185 e. The van der Waals surface area contributed by atoms with E-state index in [1.807, 2.05) is 26.0 Å². The van der Waals surface area contributed by atoms with Crippen LogP contribution in [0.25, 0.3) is 0 Å². The molecule has 0 fully saturated rings. The smallest absolute Gasteiger partial charge is 0.185 e. The molecule has 0 aliphatic heterocycles. The Morgan fingerprint density at radius 1 is 1.04 bits per heavy atom. The van der Waals surface area contributed by atoms with Crippen molar-refractivity contribution in [3.63, 3.8) is 0 Å². The third-order valence-corrected chi connectivity index (χ3v) is 6.02. The number of sulfone groups is 1. The zero-order valence-electron chi connectivity index (χ0n) is 15.7. The minimum atomic E-state index is -3.47. The van der Waals surface area contributed by atoms with E-state index in [1.54, 1.807) is 30.3 Å². The van der Waals surface area contributed by atoms with Crippen LogP contribution in [0.2, 0.25) is 0 Å². The molecule has 25 heavy (non-hydrogen) atoms. The Morgan fingerprint density at radius 2 is 1.68 bits per heavy atom. The summed E-state index contributed by atoms with van der Waals surface area (Å²) in [6.45, 7) is 7.89. The van der Waals surface area contributed by atoms with E-state index in [2.05, 4.69) is 19.9 Å². The molecule has 1 N–H and O–H groups in total. The third kappa shape index (κ3) is 7.41. The topological polar surface area (TPSA) is 54.4 Å². The molecule has 1 aromatic carbocycles. The number of allylic oxidation sites excluding steroid dienone is 4.